The Kier molecular flexibility index (Phi) is 27.3. The van der Waals surface area contributed by atoms with E-state index in [2.05, 4.69) is 17.6 Å². The van der Waals surface area contributed by atoms with Crippen LogP contribution in [0.1, 0.15) is 134 Å². The van der Waals surface area contributed by atoms with Crippen LogP contribution in [-0.2, 0) is 114 Å². The van der Waals surface area contributed by atoms with Crippen LogP contribution in [0.4, 0.5) is 0 Å². The minimum atomic E-state index is -1.84. The number of nitrogens with one attached hydrogen (secondary N) is 2. The van der Waals surface area contributed by atoms with Gasteiger partial charge in [0.1, 0.15) is 56.3 Å². The maximum atomic E-state index is 13.6. The van der Waals surface area contributed by atoms with Crippen molar-refractivity contribution in [2.45, 2.75) is 226 Å². The molecular weight excluding hydrogens is 1000 g/mol. The summed E-state index contributed by atoms with van der Waals surface area (Å²) < 4.78 is 83.7. The maximum Gasteiger partial charge on any atom is 0.306 e. The normalized spacial score (nSPS) is 29.3. The van der Waals surface area contributed by atoms with E-state index in [1.54, 1.807) is 0 Å². The maximum absolute atomic E-state index is 13.6. The standard InChI is InChI=1S/C49H76N2O24/c1-12-16-17-18-19-20-21-62-49-46(45(69-31(11)58)42(66-28(8)55)34(72-49)24-65-27(7)54)75-48-39(51-36(60)14-3)44(68-30(10)57)41(33(71-48)23-64-26(6)53)74-47-38(50-35(59)13-2)43(67-29(9)56)40(73-37(61)15-4)32(70-47)22-63-25(5)52/h32-34,38-49H,12-24H2,1-11H3,(H,50,59)(H,51,60)/t32-,33-,34-,38-,39-,40+,41-,42-,43-,44-,45+,46+,47+,48+,49+/m1/s1. The van der Waals surface area contributed by atoms with Crippen LogP contribution in [0.15, 0.2) is 0 Å². The van der Waals surface area contributed by atoms with Gasteiger partial charge in [-0.15, -0.1) is 0 Å². The molecule has 0 aromatic rings. The van der Waals surface area contributed by atoms with Crippen molar-refractivity contribution in [3.8, 4) is 0 Å². The Labute approximate surface area is 436 Å². The summed E-state index contributed by atoms with van der Waals surface area (Å²) >= 11 is 0. The molecule has 26 nitrogen and oxygen atoms in total. The van der Waals surface area contributed by atoms with E-state index in [1.807, 2.05) is 0 Å². The lowest BCUT2D eigenvalue weighted by atomic mass is 9.93. The lowest BCUT2D eigenvalue weighted by molar-refractivity contribution is -0.368. The molecule has 2 N–H and O–H groups in total. The fourth-order valence-electron chi connectivity index (χ4n) is 8.34. The van der Waals surface area contributed by atoms with E-state index in [0.29, 0.717) is 6.42 Å². The molecule has 0 saturated carbocycles. The summed E-state index contributed by atoms with van der Waals surface area (Å²) in [5, 5.41) is 5.41. The van der Waals surface area contributed by atoms with Crippen molar-refractivity contribution >= 4 is 59.6 Å². The smallest absolute Gasteiger partial charge is 0.306 e. The Balaban J connectivity index is 2.33. The van der Waals surface area contributed by atoms with Gasteiger partial charge in [0, 0.05) is 74.3 Å². The third kappa shape index (κ3) is 20.8. The molecule has 75 heavy (non-hydrogen) atoms. The second-order valence-electron chi connectivity index (χ2n) is 17.9. The summed E-state index contributed by atoms with van der Waals surface area (Å²) in [6.45, 7) is 12.4. The second kappa shape index (κ2) is 32.1. The summed E-state index contributed by atoms with van der Waals surface area (Å²) in [5.41, 5.74) is 0. The van der Waals surface area contributed by atoms with Crippen molar-refractivity contribution in [2.75, 3.05) is 26.4 Å². The first-order valence-corrected chi connectivity index (χ1v) is 25.3. The van der Waals surface area contributed by atoms with Crippen molar-refractivity contribution in [3.05, 3.63) is 0 Å². The molecule has 3 aliphatic rings. The van der Waals surface area contributed by atoms with Gasteiger partial charge < -0.3 is 76.9 Å². The van der Waals surface area contributed by atoms with Crippen LogP contribution >= 0.6 is 0 Å². The Morgan fingerprint density at radius 3 is 1.19 bits per heavy atom. The number of hydrogen-bond acceptors (Lipinski definition) is 24. The van der Waals surface area contributed by atoms with Crippen LogP contribution in [0.25, 0.3) is 0 Å². The lowest BCUT2D eigenvalue weighted by Gasteiger charge is -2.51. The van der Waals surface area contributed by atoms with Gasteiger partial charge in [-0.1, -0.05) is 59.8 Å². The quantitative estimate of drug-likeness (QED) is 0.0641. The molecule has 3 saturated heterocycles. The fourth-order valence-corrected chi connectivity index (χ4v) is 8.34. The Morgan fingerprint density at radius 2 is 0.760 bits per heavy atom. The number of unbranched alkanes of at least 4 members (excludes halogenated alkanes) is 5. The van der Waals surface area contributed by atoms with E-state index in [4.69, 9.17) is 66.3 Å². The highest BCUT2D eigenvalue weighted by Gasteiger charge is 2.59. The van der Waals surface area contributed by atoms with Crippen molar-refractivity contribution in [1.29, 1.82) is 0 Å². The van der Waals surface area contributed by atoms with E-state index in [0.717, 1.165) is 80.6 Å². The highest BCUT2D eigenvalue weighted by Crippen LogP contribution is 2.37. The molecule has 0 spiro atoms. The van der Waals surface area contributed by atoms with Gasteiger partial charge in [0.25, 0.3) is 0 Å². The third-order valence-electron chi connectivity index (χ3n) is 11.7. The Morgan fingerprint density at radius 1 is 0.387 bits per heavy atom. The summed E-state index contributed by atoms with van der Waals surface area (Å²) in [7, 11) is 0. The molecule has 2 amide bonds. The highest BCUT2D eigenvalue weighted by atomic mass is 16.8. The van der Waals surface area contributed by atoms with E-state index < -0.39 is 171 Å². The molecule has 0 bridgehead atoms. The highest BCUT2D eigenvalue weighted by molar-refractivity contribution is 5.77. The third-order valence-corrected chi connectivity index (χ3v) is 11.7. The van der Waals surface area contributed by atoms with Crippen LogP contribution in [0, 0.1) is 0 Å². The molecule has 0 aliphatic carbocycles. The van der Waals surface area contributed by atoms with Gasteiger partial charge in [0.15, 0.2) is 55.5 Å². The zero-order valence-electron chi connectivity index (χ0n) is 44.7. The first kappa shape index (κ1) is 63.8. The molecule has 0 aromatic carbocycles. The monoisotopic (exact) mass is 1080 g/mol. The van der Waals surface area contributed by atoms with Gasteiger partial charge in [-0.2, -0.15) is 0 Å². The predicted octanol–water partition coefficient (Wildman–Crippen LogP) is 1.84. The molecule has 0 radical (unpaired) electrons. The summed E-state index contributed by atoms with van der Waals surface area (Å²) in [4.78, 5) is 128. The number of amides is 2. The minimum absolute atomic E-state index is 0.0486. The predicted molar refractivity (Wildman–Crippen MR) is 252 cm³/mol. The molecule has 426 valence electrons. The molecule has 3 fully saturated rings. The van der Waals surface area contributed by atoms with Crippen molar-refractivity contribution < 1.29 is 114 Å². The molecule has 26 heteroatoms. The second-order valence-corrected chi connectivity index (χ2v) is 17.9. The number of carbonyl (C=O) groups is 10. The van der Waals surface area contributed by atoms with E-state index in [9.17, 15) is 47.9 Å². The molecule has 3 aliphatic heterocycles. The summed E-state index contributed by atoms with van der Waals surface area (Å²) in [6, 6.07) is -3.21. The average molecular weight is 1080 g/mol. The van der Waals surface area contributed by atoms with Crippen LogP contribution < -0.4 is 10.6 Å². The molecule has 15 atom stereocenters. The zero-order chi connectivity index (χ0) is 55.9. The van der Waals surface area contributed by atoms with E-state index in [1.165, 1.54) is 20.8 Å². The zero-order valence-corrected chi connectivity index (χ0v) is 44.7. The van der Waals surface area contributed by atoms with Gasteiger partial charge in [0.2, 0.25) is 11.8 Å². The largest absolute Gasteiger partial charge is 0.463 e. The van der Waals surface area contributed by atoms with Crippen molar-refractivity contribution in [1.82, 2.24) is 10.6 Å². The molecule has 0 unspecified atom stereocenters. The van der Waals surface area contributed by atoms with Crippen molar-refractivity contribution in [2.24, 2.45) is 0 Å². The first-order chi connectivity index (χ1) is 35.5. The minimum Gasteiger partial charge on any atom is -0.463 e. The van der Waals surface area contributed by atoms with Crippen LogP contribution in [0.2, 0.25) is 0 Å². The SMILES string of the molecule is CCCCCCCCO[C@H]1O[C@H](COC(C)=O)[C@@H](OC(C)=O)[C@H](OC(C)=O)[C@@H]1O[C@@H]1O[C@H](COC(C)=O)[C@@H](O[C@@H]2O[C@H](COC(C)=O)[C@H](OC(=O)CC)[C@H](OC(C)=O)[C@H]2NC(=O)CC)[C@H](OC(C)=O)[C@H]1NC(=O)CC. The first-order valence-electron chi connectivity index (χ1n) is 25.3. The lowest BCUT2D eigenvalue weighted by Crippen LogP contribution is -2.71. The Bertz CT molecular complexity index is 1930. The topological polar surface area (TPSA) is 324 Å². The summed E-state index contributed by atoms with van der Waals surface area (Å²) in [6.07, 6.45) is -16.3. The average Bonchev–Trinajstić information content (AvgIpc) is 3.33. The van der Waals surface area contributed by atoms with E-state index >= 15 is 0 Å². The number of rotatable bonds is 28. The van der Waals surface area contributed by atoms with Crippen LogP contribution in [0.3, 0.4) is 0 Å². The van der Waals surface area contributed by atoms with Gasteiger partial charge >= 0.3 is 47.8 Å². The number of carbonyl (C=O) groups excluding carboxylic acids is 10. The Hall–Kier alpha value is -5.54. The van der Waals surface area contributed by atoms with Gasteiger partial charge in [-0.05, 0) is 6.42 Å². The number of ether oxygens (including phenoxy) is 14. The van der Waals surface area contributed by atoms with Crippen LogP contribution in [0.5, 0.6) is 0 Å². The molecular formula is C49H76N2O24. The number of hydrogen-bond donors (Lipinski definition) is 2. The van der Waals surface area contributed by atoms with Gasteiger partial charge in [0.05, 0.1) is 0 Å². The van der Waals surface area contributed by atoms with Gasteiger partial charge in [-0.25, -0.2) is 0 Å². The van der Waals surface area contributed by atoms with Crippen LogP contribution in [-0.4, -0.2) is 178 Å². The molecule has 0 aromatic heterocycles. The number of esters is 8. The molecule has 3 heterocycles. The van der Waals surface area contributed by atoms with E-state index in [-0.39, 0.29) is 25.9 Å². The summed E-state index contributed by atoms with van der Waals surface area (Å²) in [5.74, 6) is -8.07. The fraction of sp³-hybridized carbons (Fsp3) is 0.796. The molecule has 3 rings (SSSR count). The van der Waals surface area contributed by atoms with Gasteiger partial charge in [-0.3, -0.25) is 47.9 Å². The van der Waals surface area contributed by atoms with Crippen molar-refractivity contribution in [3.63, 3.8) is 0 Å².